The van der Waals surface area contributed by atoms with Gasteiger partial charge in [-0.15, -0.1) is 0 Å². The first kappa shape index (κ1) is 25.0. The van der Waals surface area contributed by atoms with Gasteiger partial charge in [0.25, 0.3) is 0 Å². The Kier molecular flexibility index (Phi) is 12.4. The molecule has 0 aliphatic carbocycles. The number of hydrogen-bond donors (Lipinski definition) is 0. The van der Waals surface area contributed by atoms with Crippen molar-refractivity contribution in [2.24, 2.45) is 16.2 Å². The zero-order valence-corrected chi connectivity index (χ0v) is 19.4. The van der Waals surface area contributed by atoms with E-state index >= 15 is 0 Å². The molecule has 0 atom stereocenters. The van der Waals surface area contributed by atoms with Crippen LogP contribution in [-0.2, 0) is 0 Å². The summed E-state index contributed by atoms with van der Waals surface area (Å²) in [6.07, 6.45) is 19.9. The van der Waals surface area contributed by atoms with Crippen molar-refractivity contribution < 1.29 is 0 Å². The molecule has 0 spiro atoms. The van der Waals surface area contributed by atoms with Gasteiger partial charge in [0.1, 0.15) is 0 Å². The lowest BCUT2D eigenvalue weighted by atomic mass is 9.73. The van der Waals surface area contributed by atoms with Gasteiger partial charge in [-0.1, -0.05) is 120 Å². The summed E-state index contributed by atoms with van der Waals surface area (Å²) in [6.45, 7) is 19.3. The number of hydrogen-bond acceptors (Lipinski definition) is 0. The topological polar surface area (TPSA) is 0 Å². The highest BCUT2D eigenvalue weighted by Crippen LogP contribution is 2.37. The van der Waals surface area contributed by atoms with Gasteiger partial charge in [0, 0.05) is 0 Å². The quantitative estimate of drug-likeness (QED) is 0.257. The van der Waals surface area contributed by atoms with E-state index < -0.39 is 0 Å². The summed E-state index contributed by atoms with van der Waals surface area (Å²) in [7, 11) is 0. The molecular weight excluding hydrogens is 300 g/mol. The minimum atomic E-state index is 0.466. The van der Waals surface area contributed by atoms with Crippen LogP contribution in [0.2, 0.25) is 0 Å². The second kappa shape index (κ2) is 12.4. The van der Waals surface area contributed by atoms with Gasteiger partial charge in [-0.25, -0.2) is 0 Å². The molecule has 0 rings (SSSR count). The third-order valence-corrected chi connectivity index (χ3v) is 5.67. The summed E-state index contributed by atoms with van der Waals surface area (Å²) in [4.78, 5) is 0. The minimum absolute atomic E-state index is 0.466. The maximum absolute atomic E-state index is 2.47. The molecule has 0 fully saturated rings. The molecule has 0 bridgehead atoms. The molecular formula is C25H52. The summed E-state index contributed by atoms with van der Waals surface area (Å²) in [5.41, 5.74) is 1.56. The van der Waals surface area contributed by atoms with E-state index in [4.69, 9.17) is 0 Å². The van der Waals surface area contributed by atoms with Crippen LogP contribution in [0.3, 0.4) is 0 Å². The Hall–Kier alpha value is 0. The fraction of sp³-hybridized carbons (Fsp3) is 1.00. The van der Waals surface area contributed by atoms with Crippen molar-refractivity contribution in [1.82, 2.24) is 0 Å². The molecule has 0 heteroatoms. The largest absolute Gasteiger partial charge is 0.0654 e. The van der Waals surface area contributed by atoms with Crippen molar-refractivity contribution in [2.75, 3.05) is 0 Å². The Bertz CT molecular complexity index is 302. The monoisotopic (exact) mass is 352 g/mol. The summed E-state index contributed by atoms with van der Waals surface area (Å²) in [5, 5.41) is 0. The first-order chi connectivity index (χ1) is 11.5. The molecule has 0 radical (unpaired) electrons. The van der Waals surface area contributed by atoms with Gasteiger partial charge < -0.3 is 0 Å². The van der Waals surface area contributed by atoms with Gasteiger partial charge in [-0.3, -0.25) is 0 Å². The Balaban J connectivity index is 3.56. The molecule has 25 heavy (non-hydrogen) atoms. The van der Waals surface area contributed by atoms with Crippen molar-refractivity contribution >= 4 is 0 Å². The molecule has 0 aromatic rings. The first-order valence-electron chi connectivity index (χ1n) is 11.5. The fourth-order valence-electron chi connectivity index (χ4n) is 4.59. The van der Waals surface area contributed by atoms with Crippen molar-refractivity contribution in [3.05, 3.63) is 0 Å². The molecule has 152 valence electrons. The van der Waals surface area contributed by atoms with Gasteiger partial charge in [0.05, 0.1) is 0 Å². The van der Waals surface area contributed by atoms with Crippen LogP contribution in [0.25, 0.3) is 0 Å². The van der Waals surface area contributed by atoms with Crippen LogP contribution < -0.4 is 0 Å². The highest BCUT2D eigenvalue weighted by Gasteiger charge is 2.24. The minimum Gasteiger partial charge on any atom is -0.0654 e. The third-order valence-electron chi connectivity index (χ3n) is 5.67. The van der Waals surface area contributed by atoms with E-state index in [1.807, 2.05) is 0 Å². The van der Waals surface area contributed by atoms with Crippen molar-refractivity contribution in [3.8, 4) is 0 Å². The predicted molar refractivity (Wildman–Crippen MR) is 117 cm³/mol. The zero-order valence-electron chi connectivity index (χ0n) is 19.4. The van der Waals surface area contributed by atoms with E-state index in [1.165, 1.54) is 89.9 Å². The van der Waals surface area contributed by atoms with E-state index in [1.54, 1.807) is 0 Å². The molecule has 0 N–H and O–H groups in total. The first-order valence-corrected chi connectivity index (χ1v) is 11.5. The van der Waals surface area contributed by atoms with E-state index in [0.717, 1.165) is 0 Å². The molecule has 0 saturated carbocycles. The van der Waals surface area contributed by atoms with Gasteiger partial charge in [0.2, 0.25) is 0 Å². The molecule has 0 heterocycles. The SMILES string of the molecule is CCCCCC(C)(C)CCCCCCCCCC(C)(C)CC(C)(C)C. The molecule has 0 amide bonds. The summed E-state index contributed by atoms with van der Waals surface area (Å²) in [6, 6.07) is 0. The van der Waals surface area contributed by atoms with Gasteiger partial charge in [-0.05, 0) is 41.9 Å². The molecule has 0 nitrogen and oxygen atoms in total. The smallest absolute Gasteiger partial charge is 0.0349 e. The van der Waals surface area contributed by atoms with Crippen molar-refractivity contribution in [2.45, 2.75) is 145 Å². The maximum Gasteiger partial charge on any atom is -0.0349 e. The third kappa shape index (κ3) is 17.2. The average molecular weight is 353 g/mol. The Labute approximate surface area is 161 Å². The summed E-state index contributed by atoms with van der Waals surface area (Å²) in [5.74, 6) is 0. The van der Waals surface area contributed by atoms with Crippen LogP contribution in [0.15, 0.2) is 0 Å². The molecule has 0 aliphatic heterocycles. The van der Waals surface area contributed by atoms with Crippen molar-refractivity contribution in [1.29, 1.82) is 0 Å². The average Bonchev–Trinajstić information content (AvgIpc) is 2.43. The number of unbranched alkanes of at least 4 members (excludes halogenated alkanes) is 8. The van der Waals surface area contributed by atoms with Gasteiger partial charge in [-0.2, -0.15) is 0 Å². The van der Waals surface area contributed by atoms with E-state index in [-0.39, 0.29) is 0 Å². The highest BCUT2D eigenvalue weighted by atomic mass is 14.3. The molecule has 0 aromatic heterocycles. The normalized spacial score (nSPS) is 13.4. The Morgan fingerprint density at radius 2 is 0.800 bits per heavy atom. The molecule has 0 aliphatic rings. The van der Waals surface area contributed by atoms with E-state index in [0.29, 0.717) is 16.2 Å². The molecule has 0 unspecified atom stereocenters. The lowest BCUT2D eigenvalue weighted by molar-refractivity contribution is 0.194. The fourth-order valence-corrected chi connectivity index (χ4v) is 4.59. The van der Waals surface area contributed by atoms with Crippen molar-refractivity contribution in [3.63, 3.8) is 0 Å². The standard InChI is InChI=1S/C25H52/c1-9-10-16-19-24(5,6)20-17-14-12-11-13-15-18-21-25(7,8)22-23(2,3)4/h9-22H2,1-8H3. The summed E-state index contributed by atoms with van der Waals surface area (Å²) >= 11 is 0. The maximum atomic E-state index is 2.47. The highest BCUT2D eigenvalue weighted by molar-refractivity contribution is 4.76. The zero-order chi connectivity index (χ0) is 19.4. The van der Waals surface area contributed by atoms with E-state index in [9.17, 15) is 0 Å². The summed E-state index contributed by atoms with van der Waals surface area (Å²) < 4.78 is 0. The molecule has 0 saturated heterocycles. The Morgan fingerprint density at radius 3 is 1.20 bits per heavy atom. The Morgan fingerprint density at radius 1 is 0.440 bits per heavy atom. The second-order valence-corrected chi connectivity index (χ2v) is 11.5. The van der Waals surface area contributed by atoms with Gasteiger partial charge in [0.15, 0.2) is 0 Å². The van der Waals surface area contributed by atoms with Crippen LogP contribution in [-0.4, -0.2) is 0 Å². The van der Waals surface area contributed by atoms with Crippen LogP contribution >= 0.6 is 0 Å². The lowest BCUT2D eigenvalue weighted by Gasteiger charge is -2.32. The molecule has 0 aromatic carbocycles. The van der Waals surface area contributed by atoms with Crippen LogP contribution in [0, 0.1) is 16.2 Å². The van der Waals surface area contributed by atoms with E-state index in [2.05, 4.69) is 55.4 Å². The van der Waals surface area contributed by atoms with Crippen LogP contribution in [0.4, 0.5) is 0 Å². The number of rotatable bonds is 15. The van der Waals surface area contributed by atoms with Crippen LogP contribution in [0.1, 0.15) is 145 Å². The predicted octanol–water partition coefficient (Wildman–Crippen LogP) is 9.57. The van der Waals surface area contributed by atoms with Gasteiger partial charge >= 0.3 is 0 Å². The lowest BCUT2D eigenvalue weighted by Crippen LogP contribution is -2.20. The second-order valence-electron chi connectivity index (χ2n) is 11.5. The van der Waals surface area contributed by atoms with Crippen LogP contribution in [0.5, 0.6) is 0 Å².